The minimum absolute atomic E-state index is 0.251. The van der Waals surface area contributed by atoms with Crippen LogP contribution in [0.1, 0.15) is 44.2 Å². The van der Waals surface area contributed by atoms with E-state index in [2.05, 4.69) is 16.0 Å². The molecule has 2 rings (SSSR count). The number of urea groups is 1. The van der Waals surface area contributed by atoms with Gasteiger partial charge in [0, 0.05) is 12.1 Å². The Morgan fingerprint density at radius 3 is 2.52 bits per heavy atom. The van der Waals surface area contributed by atoms with Crippen molar-refractivity contribution in [2.45, 2.75) is 44.7 Å². The molecule has 1 fully saturated rings. The SMILES string of the molecule is CCNC(=O)NC(=O)[C@H]([NH2+]C1CCCC1)c1ccccc1. The third-order valence-corrected chi connectivity index (χ3v) is 3.88. The first-order valence-corrected chi connectivity index (χ1v) is 7.69. The summed E-state index contributed by atoms with van der Waals surface area (Å²) in [7, 11) is 0. The second kappa shape index (κ2) is 7.78. The van der Waals surface area contributed by atoms with Crippen LogP contribution in [0.4, 0.5) is 4.79 Å². The first-order chi connectivity index (χ1) is 10.2. The number of hydrogen-bond donors (Lipinski definition) is 3. The third-order valence-electron chi connectivity index (χ3n) is 3.88. The van der Waals surface area contributed by atoms with Crippen molar-refractivity contribution in [3.05, 3.63) is 35.9 Å². The summed E-state index contributed by atoms with van der Waals surface area (Å²) in [6.07, 6.45) is 4.72. The molecule has 0 spiro atoms. The minimum atomic E-state index is -0.428. The molecule has 114 valence electrons. The molecule has 1 aliphatic carbocycles. The molecule has 0 aliphatic heterocycles. The van der Waals surface area contributed by atoms with Crippen molar-refractivity contribution in [3.63, 3.8) is 0 Å². The smallest absolute Gasteiger partial charge is 0.321 e. The largest absolute Gasteiger partial charge is 0.338 e. The maximum atomic E-state index is 12.4. The summed E-state index contributed by atoms with van der Waals surface area (Å²) >= 11 is 0. The van der Waals surface area contributed by atoms with Crippen molar-refractivity contribution in [2.24, 2.45) is 0 Å². The number of imide groups is 1. The van der Waals surface area contributed by atoms with Gasteiger partial charge in [-0.15, -0.1) is 0 Å². The average molecular weight is 290 g/mol. The second-order valence-electron chi connectivity index (χ2n) is 5.47. The first kappa shape index (κ1) is 15.5. The Bertz CT molecular complexity index is 470. The molecule has 0 heterocycles. The Labute approximate surface area is 125 Å². The fourth-order valence-electron chi connectivity index (χ4n) is 2.83. The van der Waals surface area contributed by atoms with E-state index in [9.17, 15) is 9.59 Å². The summed E-state index contributed by atoms with van der Waals surface area (Å²) < 4.78 is 0. The van der Waals surface area contributed by atoms with E-state index in [0.29, 0.717) is 12.6 Å². The molecule has 1 aliphatic rings. The van der Waals surface area contributed by atoms with Crippen molar-refractivity contribution in [2.75, 3.05) is 6.54 Å². The van der Waals surface area contributed by atoms with Crippen LogP contribution >= 0.6 is 0 Å². The molecule has 5 heteroatoms. The van der Waals surface area contributed by atoms with Gasteiger partial charge in [0.05, 0.1) is 6.04 Å². The van der Waals surface area contributed by atoms with Crippen LogP contribution in [0.3, 0.4) is 0 Å². The summed E-state index contributed by atoms with van der Waals surface area (Å²) in [4.78, 5) is 24.0. The second-order valence-corrected chi connectivity index (χ2v) is 5.47. The van der Waals surface area contributed by atoms with Gasteiger partial charge in [-0.3, -0.25) is 10.1 Å². The lowest BCUT2D eigenvalue weighted by atomic mass is 10.0. The Morgan fingerprint density at radius 2 is 1.90 bits per heavy atom. The zero-order valence-corrected chi connectivity index (χ0v) is 12.5. The number of nitrogens with two attached hydrogens (primary N) is 1. The lowest BCUT2D eigenvalue weighted by molar-refractivity contribution is -0.714. The highest BCUT2D eigenvalue weighted by atomic mass is 16.2. The molecule has 0 aromatic heterocycles. The van der Waals surface area contributed by atoms with E-state index in [1.807, 2.05) is 37.3 Å². The van der Waals surface area contributed by atoms with Gasteiger partial charge in [-0.25, -0.2) is 4.79 Å². The highest BCUT2D eigenvalue weighted by Crippen LogP contribution is 2.17. The predicted molar refractivity (Wildman–Crippen MR) is 80.6 cm³/mol. The van der Waals surface area contributed by atoms with Crippen LogP contribution in [-0.4, -0.2) is 24.5 Å². The Balaban J connectivity index is 2.07. The van der Waals surface area contributed by atoms with E-state index < -0.39 is 6.03 Å². The van der Waals surface area contributed by atoms with Gasteiger partial charge >= 0.3 is 6.03 Å². The van der Waals surface area contributed by atoms with Crippen LogP contribution in [0.15, 0.2) is 30.3 Å². The van der Waals surface area contributed by atoms with E-state index in [1.54, 1.807) is 0 Å². The number of carbonyl (C=O) groups excluding carboxylic acids is 2. The number of benzene rings is 1. The molecule has 0 saturated heterocycles. The van der Waals surface area contributed by atoms with Crippen molar-refractivity contribution < 1.29 is 14.9 Å². The molecule has 21 heavy (non-hydrogen) atoms. The van der Waals surface area contributed by atoms with Crippen molar-refractivity contribution in [3.8, 4) is 0 Å². The quantitative estimate of drug-likeness (QED) is 0.759. The van der Waals surface area contributed by atoms with E-state index in [4.69, 9.17) is 0 Å². The molecule has 4 N–H and O–H groups in total. The van der Waals surface area contributed by atoms with Crippen molar-refractivity contribution in [1.29, 1.82) is 0 Å². The summed E-state index contributed by atoms with van der Waals surface area (Å²) in [6, 6.07) is 9.32. The molecule has 1 aromatic rings. The molecule has 0 unspecified atom stereocenters. The van der Waals surface area contributed by atoms with Gasteiger partial charge in [0.1, 0.15) is 0 Å². The normalized spacial score (nSPS) is 16.4. The number of amides is 3. The summed E-state index contributed by atoms with van der Waals surface area (Å²) in [5, 5.41) is 7.13. The molecular formula is C16H24N3O2+. The van der Waals surface area contributed by atoms with Crippen molar-refractivity contribution >= 4 is 11.9 Å². The minimum Gasteiger partial charge on any atom is -0.338 e. The molecule has 3 amide bonds. The number of quaternary nitrogens is 1. The standard InChI is InChI=1S/C16H23N3O2/c1-2-17-16(21)19-15(20)14(12-8-4-3-5-9-12)18-13-10-6-7-11-13/h3-5,8-9,13-14,18H,2,6-7,10-11H2,1H3,(H2,17,19,20,21)/p+1/t14-/m1/s1. The average Bonchev–Trinajstić information content (AvgIpc) is 2.99. The van der Waals surface area contributed by atoms with E-state index >= 15 is 0 Å². The van der Waals surface area contributed by atoms with Crippen LogP contribution in [0.25, 0.3) is 0 Å². The van der Waals surface area contributed by atoms with Gasteiger partial charge in [0.25, 0.3) is 5.91 Å². The number of carbonyl (C=O) groups is 2. The van der Waals surface area contributed by atoms with E-state index in [0.717, 1.165) is 18.4 Å². The Hall–Kier alpha value is -1.88. The molecule has 1 saturated carbocycles. The molecule has 0 radical (unpaired) electrons. The number of rotatable bonds is 5. The Morgan fingerprint density at radius 1 is 1.24 bits per heavy atom. The van der Waals surface area contributed by atoms with Gasteiger partial charge in [-0.05, 0) is 32.6 Å². The fourth-order valence-corrected chi connectivity index (χ4v) is 2.83. The highest BCUT2D eigenvalue weighted by Gasteiger charge is 2.30. The molecule has 1 atom stereocenters. The van der Waals surface area contributed by atoms with Crippen molar-refractivity contribution in [1.82, 2.24) is 10.6 Å². The van der Waals surface area contributed by atoms with Crippen LogP contribution < -0.4 is 16.0 Å². The van der Waals surface area contributed by atoms with Crippen LogP contribution in [0.5, 0.6) is 0 Å². The van der Waals surface area contributed by atoms with Crippen LogP contribution in [-0.2, 0) is 4.79 Å². The predicted octanol–water partition coefficient (Wildman–Crippen LogP) is 1.08. The highest BCUT2D eigenvalue weighted by molar-refractivity contribution is 5.96. The summed E-state index contributed by atoms with van der Waals surface area (Å²) in [5.41, 5.74) is 0.936. The maximum absolute atomic E-state index is 12.4. The summed E-state index contributed by atoms with van der Waals surface area (Å²) in [5.74, 6) is -0.251. The zero-order valence-electron chi connectivity index (χ0n) is 12.5. The molecule has 1 aromatic carbocycles. The fraction of sp³-hybridized carbons (Fsp3) is 0.500. The van der Waals surface area contributed by atoms with Crippen LogP contribution in [0.2, 0.25) is 0 Å². The van der Waals surface area contributed by atoms with Gasteiger partial charge < -0.3 is 10.6 Å². The lowest BCUT2D eigenvalue weighted by Crippen LogP contribution is -2.92. The van der Waals surface area contributed by atoms with Gasteiger partial charge in [0.2, 0.25) is 0 Å². The molecule has 5 nitrogen and oxygen atoms in total. The molecular weight excluding hydrogens is 266 g/mol. The monoisotopic (exact) mass is 290 g/mol. The summed E-state index contributed by atoms with van der Waals surface area (Å²) in [6.45, 7) is 2.32. The maximum Gasteiger partial charge on any atom is 0.321 e. The topological polar surface area (TPSA) is 74.8 Å². The van der Waals surface area contributed by atoms with E-state index in [-0.39, 0.29) is 11.9 Å². The van der Waals surface area contributed by atoms with Gasteiger partial charge in [-0.2, -0.15) is 0 Å². The molecule has 0 bridgehead atoms. The van der Waals surface area contributed by atoms with Crippen LogP contribution in [0, 0.1) is 0 Å². The third kappa shape index (κ3) is 4.56. The number of nitrogens with one attached hydrogen (secondary N) is 2. The zero-order chi connectivity index (χ0) is 15.1. The lowest BCUT2D eigenvalue weighted by Gasteiger charge is -2.19. The first-order valence-electron chi connectivity index (χ1n) is 7.69. The van der Waals surface area contributed by atoms with E-state index in [1.165, 1.54) is 12.8 Å². The van der Waals surface area contributed by atoms with Gasteiger partial charge in [-0.1, -0.05) is 30.3 Å². The Kier molecular flexibility index (Phi) is 5.75. The van der Waals surface area contributed by atoms with Gasteiger partial charge in [0.15, 0.2) is 6.04 Å². The number of hydrogen-bond acceptors (Lipinski definition) is 2.